The maximum absolute atomic E-state index is 13.2. The van der Waals surface area contributed by atoms with Gasteiger partial charge in [0.15, 0.2) is 17.1 Å². The second kappa shape index (κ2) is 11.2. The Hall–Kier alpha value is -3.57. The second-order valence-electron chi connectivity index (χ2n) is 7.75. The van der Waals surface area contributed by atoms with Gasteiger partial charge >= 0.3 is 6.18 Å². The van der Waals surface area contributed by atoms with E-state index < -0.39 is 29.6 Å². The molecule has 0 aliphatic heterocycles. The highest BCUT2D eigenvalue weighted by molar-refractivity contribution is 7.99. The van der Waals surface area contributed by atoms with Gasteiger partial charge in [0, 0.05) is 5.69 Å². The minimum absolute atomic E-state index is 0.0205. The van der Waals surface area contributed by atoms with Crippen molar-refractivity contribution >= 4 is 35.0 Å². The van der Waals surface area contributed by atoms with Crippen LogP contribution in [0.25, 0.3) is 5.69 Å². The first-order valence-corrected chi connectivity index (χ1v) is 12.2. The van der Waals surface area contributed by atoms with Gasteiger partial charge in [0.25, 0.3) is 0 Å². The van der Waals surface area contributed by atoms with E-state index in [4.69, 9.17) is 16.3 Å². The van der Waals surface area contributed by atoms with Gasteiger partial charge < -0.3 is 10.1 Å². The smallest absolute Gasteiger partial charge is 0.416 e. The third kappa shape index (κ3) is 6.60. The summed E-state index contributed by atoms with van der Waals surface area (Å²) in [6.07, 6.45) is -5.17. The van der Waals surface area contributed by atoms with Gasteiger partial charge in [-0.3, -0.25) is 9.36 Å². The summed E-state index contributed by atoms with van der Waals surface area (Å²) >= 11 is 7.01. The van der Waals surface area contributed by atoms with Crippen molar-refractivity contribution in [1.29, 1.82) is 0 Å². The fourth-order valence-corrected chi connectivity index (χ4v) is 4.27. The molecule has 6 nitrogen and oxygen atoms in total. The lowest BCUT2D eigenvalue weighted by molar-refractivity contribution is -0.137. The number of carbonyl (C=O) groups excluding carboxylic acids is 1. The van der Waals surface area contributed by atoms with Crippen LogP contribution in [0.4, 0.5) is 23.2 Å². The van der Waals surface area contributed by atoms with Crippen LogP contribution in [-0.4, -0.2) is 26.4 Å². The van der Waals surface area contributed by atoms with Gasteiger partial charge in [-0.1, -0.05) is 41.6 Å². The molecule has 0 aliphatic rings. The van der Waals surface area contributed by atoms with Gasteiger partial charge in [0.2, 0.25) is 5.91 Å². The molecule has 0 spiro atoms. The molecular weight excluding hydrogens is 532 g/mol. The number of benzene rings is 3. The van der Waals surface area contributed by atoms with Gasteiger partial charge in [-0.15, -0.1) is 10.2 Å². The van der Waals surface area contributed by atoms with Crippen LogP contribution >= 0.6 is 23.4 Å². The number of hydrogen-bond donors (Lipinski definition) is 1. The van der Waals surface area contributed by atoms with E-state index in [-0.39, 0.29) is 16.5 Å². The van der Waals surface area contributed by atoms with E-state index in [0.29, 0.717) is 22.4 Å². The van der Waals surface area contributed by atoms with Crippen molar-refractivity contribution in [2.24, 2.45) is 0 Å². The number of nitrogens with zero attached hydrogens (tertiary/aromatic N) is 3. The third-order valence-corrected chi connectivity index (χ3v) is 6.32. The van der Waals surface area contributed by atoms with Gasteiger partial charge in [0.1, 0.15) is 11.6 Å². The number of amides is 1. The Labute approximate surface area is 218 Å². The Morgan fingerprint density at radius 3 is 2.46 bits per heavy atom. The SMILES string of the molecule is CC(Oc1ccc(F)cc1)c1nnc(SCC(=O)Nc2cc(C(F)(F)F)ccc2Cl)n1-c1ccccc1. The zero-order valence-electron chi connectivity index (χ0n) is 19.2. The molecular formula is C25H19ClF4N4O2S. The summed E-state index contributed by atoms with van der Waals surface area (Å²) in [6.45, 7) is 1.75. The standard InChI is InChI=1S/C25H19ClF4N4O2S/c1-15(36-19-10-8-17(27)9-11-19)23-32-33-24(34(23)18-5-3-2-4-6-18)37-14-22(35)31-21-13-16(25(28,29)30)7-12-20(21)26/h2-13,15H,14H2,1H3,(H,31,35). The van der Waals surface area contributed by atoms with Crippen LogP contribution in [0, 0.1) is 5.82 Å². The average molecular weight is 551 g/mol. The van der Waals surface area contributed by atoms with Crippen LogP contribution in [0.3, 0.4) is 0 Å². The fourth-order valence-electron chi connectivity index (χ4n) is 3.34. The Morgan fingerprint density at radius 2 is 1.78 bits per heavy atom. The molecule has 12 heteroatoms. The minimum Gasteiger partial charge on any atom is -0.483 e. The predicted molar refractivity (Wildman–Crippen MR) is 133 cm³/mol. The van der Waals surface area contributed by atoms with E-state index in [1.807, 2.05) is 30.3 Å². The van der Waals surface area contributed by atoms with Crippen LogP contribution in [0.1, 0.15) is 24.4 Å². The van der Waals surface area contributed by atoms with E-state index >= 15 is 0 Å². The molecule has 4 rings (SSSR count). The molecule has 3 aromatic carbocycles. The van der Waals surface area contributed by atoms with Crippen LogP contribution in [0.15, 0.2) is 78.0 Å². The number of thioether (sulfide) groups is 1. The van der Waals surface area contributed by atoms with E-state index in [0.717, 1.165) is 30.0 Å². The highest BCUT2D eigenvalue weighted by atomic mass is 35.5. The molecule has 0 saturated heterocycles. The highest BCUT2D eigenvalue weighted by Crippen LogP contribution is 2.34. The Morgan fingerprint density at radius 1 is 1.08 bits per heavy atom. The molecule has 0 aliphatic carbocycles. The van der Waals surface area contributed by atoms with E-state index in [1.54, 1.807) is 11.5 Å². The summed E-state index contributed by atoms with van der Waals surface area (Å²) in [5, 5.41) is 11.2. The molecule has 0 radical (unpaired) electrons. The van der Waals surface area contributed by atoms with Crippen molar-refractivity contribution in [2.45, 2.75) is 24.4 Å². The number of aromatic nitrogens is 3. The van der Waals surface area contributed by atoms with Crippen molar-refractivity contribution in [3.63, 3.8) is 0 Å². The third-order valence-electron chi connectivity index (χ3n) is 5.06. The maximum Gasteiger partial charge on any atom is 0.416 e. The molecule has 1 unspecified atom stereocenters. The van der Waals surface area contributed by atoms with E-state index in [2.05, 4.69) is 15.5 Å². The number of halogens is 5. The second-order valence-corrected chi connectivity index (χ2v) is 9.10. The van der Waals surface area contributed by atoms with Gasteiger partial charge in [0.05, 0.1) is 22.0 Å². The van der Waals surface area contributed by atoms with Gasteiger partial charge in [-0.2, -0.15) is 13.2 Å². The zero-order valence-corrected chi connectivity index (χ0v) is 20.7. The molecule has 1 atom stereocenters. The number of alkyl halides is 3. The van der Waals surface area contributed by atoms with Crippen molar-refractivity contribution < 1.29 is 27.1 Å². The predicted octanol–water partition coefficient (Wildman–Crippen LogP) is 6.95. The number of hydrogen-bond acceptors (Lipinski definition) is 5. The molecule has 1 aromatic heterocycles. The quantitative estimate of drug-likeness (QED) is 0.190. The van der Waals surface area contributed by atoms with Crippen LogP contribution in [-0.2, 0) is 11.0 Å². The van der Waals surface area contributed by atoms with Crippen LogP contribution in [0.2, 0.25) is 5.02 Å². The number of rotatable bonds is 8. The lowest BCUT2D eigenvalue weighted by Gasteiger charge is -2.16. The average Bonchev–Trinajstić information content (AvgIpc) is 3.29. The Kier molecular flexibility index (Phi) is 8.03. The summed E-state index contributed by atoms with van der Waals surface area (Å²) in [7, 11) is 0. The van der Waals surface area contributed by atoms with E-state index in [1.165, 1.54) is 24.3 Å². The molecule has 4 aromatic rings. The summed E-state index contributed by atoms with van der Waals surface area (Å²) in [5.41, 5.74) is -0.363. The Balaban J connectivity index is 1.53. The number of anilines is 1. The lowest BCUT2D eigenvalue weighted by Crippen LogP contribution is -2.16. The normalized spacial score (nSPS) is 12.3. The van der Waals surface area contributed by atoms with E-state index in [9.17, 15) is 22.4 Å². The molecule has 0 saturated carbocycles. The number of carbonyl (C=O) groups is 1. The molecule has 0 fully saturated rings. The first-order chi connectivity index (χ1) is 17.6. The maximum atomic E-state index is 13.2. The molecule has 1 amide bonds. The molecule has 37 heavy (non-hydrogen) atoms. The summed E-state index contributed by atoms with van der Waals surface area (Å²) < 4.78 is 59.9. The van der Waals surface area contributed by atoms with Crippen molar-refractivity contribution in [2.75, 3.05) is 11.1 Å². The molecule has 1 heterocycles. The molecule has 1 N–H and O–H groups in total. The van der Waals surface area contributed by atoms with Gasteiger partial charge in [-0.25, -0.2) is 4.39 Å². The van der Waals surface area contributed by atoms with Gasteiger partial charge in [-0.05, 0) is 61.5 Å². The first kappa shape index (κ1) is 26.5. The summed E-state index contributed by atoms with van der Waals surface area (Å²) in [4.78, 5) is 12.6. The lowest BCUT2D eigenvalue weighted by atomic mass is 10.2. The molecule has 0 bridgehead atoms. The fraction of sp³-hybridized carbons (Fsp3) is 0.160. The largest absolute Gasteiger partial charge is 0.483 e. The number of para-hydroxylation sites is 1. The van der Waals surface area contributed by atoms with Crippen molar-refractivity contribution in [3.8, 4) is 11.4 Å². The number of ether oxygens (including phenoxy) is 1. The molecule has 192 valence electrons. The highest BCUT2D eigenvalue weighted by Gasteiger charge is 2.31. The first-order valence-electron chi connectivity index (χ1n) is 10.8. The van der Waals surface area contributed by atoms with Crippen LogP contribution in [0.5, 0.6) is 5.75 Å². The zero-order chi connectivity index (χ0) is 26.6. The topological polar surface area (TPSA) is 69.0 Å². The summed E-state index contributed by atoms with van der Waals surface area (Å²) in [5.74, 6) is -0.283. The monoisotopic (exact) mass is 550 g/mol. The van der Waals surface area contributed by atoms with Crippen molar-refractivity contribution in [3.05, 3.63) is 95.0 Å². The van der Waals surface area contributed by atoms with Crippen LogP contribution < -0.4 is 10.1 Å². The van der Waals surface area contributed by atoms with Crippen molar-refractivity contribution in [1.82, 2.24) is 14.8 Å². The summed E-state index contributed by atoms with van der Waals surface area (Å²) in [6, 6.07) is 17.4. The minimum atomic E-state index is -4.58. The number of nitrogens with one attached hydrogen (secondary N) is 1. The Bertz CT molecular complexity index is 1380.